The zero-order valence-corrected chi connectivity index (χ0v) is 59.5. The summed E-state index contributed by atoms with van der Waals surface area (Å²) in [6.07, 6.45) is 97.5. The second-order valence-corrected chi connectivity index (χ2v) is 27.3. The molecule has 0 aliphatic heterocycles. The standard InChI is InChI=1S/C79H140NO8P/c1-6-8-10-12-14-16-18-20-22-24-26-28-30-32-34-36-38-39-40-41-42-44-46-48-50-52-54-56-58-60-62-64-66-68-70-72-79(82)88-77(76-87-89(83,84)86-74-73-80(3,4)5)75-85-78(81)71-69-67-65-63-61-59-57-55-53-51-49-47-45-43-37-35-33-31-29-27-25-23-21-19-17-15-13-11-9-7-2/h8,10,14,16,20,22,26,28,32,34,38-39,41-42,46,48,52,54,77H,6-7,9,11-13,15,17-19,21,23-25,27,29-31,33,35-37,40,43-45,47,49-51,53,55-76H2,1-5H3/b10-8-,16-14-,22-20-,28-26-,34-32-,39-38-,42-41-,48-46-,54-52-. The van der Waals surface area contributed by atoms with E-state index in [1.54, 1.807) is 0 Å². The van der Waals surface area contributed by atoms with E-state index in [1.165, 1.54) is 193 Å². The van der Waals surface area contributed by atoms with Crippen molar-refractivity contribution in [2.24, 2.45) is 0 Å². The Kier molecular flexibility index (Phi) is 66.4. The van der Waals surface area contributed by atoms with Crippen LogP contribution in [0.15, 0.2) is 109 Å². The molecule has 0 aromatic carbocycles. The number of carbonyl (C=O) groups is 2. The summed E-state index contributed by atoms with van der Waals surface area (Å²) in [7, 11) is 1.16. The highest BCUT2D eigenvalue weighted by molar-refractivity contribution is 7.45. The number of esters is 2. The third-order valence-corrected chi connectivity index (χ3v) is 17.0. The number of nitrogens with zero attached hydrogens (tertiary/aromatic N) is 1. The Labute approximate surface area is 550 Å². The normalized spacial score (nSPS) is 13.7. The van der Waals surface area contributed by atoms with Crippen molar-refractivity contribution in [2.75, 3.05) is 47.5 Å². The van der Waals surface area contributed by atoms with Gasteiger partial charge in [-0.1, -0.05) is 342 Å². The molecule has 0 rings (SSSR count). The number of allylic oxidation sites excluding steroid dienone is 18. The van der Waals surface area contributed by atoms with Crippen LogP contribution in [0.4, 0.5) is 0 Å². The Balaban J connectivity index is 4.07. The molecule has 0 aromatic rings. The molecular formula is C79H140NO8P. The summed E-state index contributed by atoms with van der Waals surface area (Å²) < 4.78 is 34.3. The molecule has 0 saturated carbocycles. The van der Waals surface area contributed by atoms with Crippen molar-refractivity contribution >= 4 is 19.8 Å². The first-order chi connectivity index (χ1) is 43.5. The van der Waals surface area contributed by atoms with Crippen LogP contribution in [0, 0.1) is 0 Å². The fourth-order valence-electron chi connectivity index (χ4n) is 10.4. The molecule has 0 fully saturated rings. The van der Waals surface area contributed by atoms with Gasteiger partial charge >= 0.3 is 11.9 Å². The number of hydrogen-bond acceptors (Lipinski definition) is 8. The van der Waals surface area contributed by atoms with Crippen LogP contribution in [0.2, 0.25) is 0 Å². The summed E-state index contributed by atoms with van der Waals surface area (Å²) in [5, 5.41) is 0. The second kappa shape index (κ2) is 69.0. The predicted octanol–water partition coefficient (Wildman–Crippen LogP) is 23.8. The van der Waals surface area contributed by atoms with Crippen molar-refractivity contribution < 1.29 is 42.1 Å². The van der Waals surface area contributed by atoms with E-state index < -0.39 is 26.5 Å². The molecule has 89 heavy (non-hydrogen) atoms. The molecule has 0 amide bonds. The van der Waals surface area contributed by atoms with Crippen LogP contribution in [-0.4, -0.2) is 70.0 Å². The van der Waals surface area contributed by atoms with Crippen molar-refractivity contribution in [1.82, 2.24) is 0 Å². The summed E-state index contributed by atoms with van der Waals surface area (Å²) >= 11 is 0. The topological polar surface area (TPSA) is 111 Å². The van der Waals surface area contributed by atoms with Crippen molar-refractivity contribution in [1.29, 1.82) is 0 Å². The van der Waals surface area contributed by atoms with Gasteiger partial charge < -0.3 is 27.9 Å². The van der Waals surface area contributed by atoms with Crippen LogP contribution >= 0.6 is 7.82 Å². The van der Waals surface area contributed by atoms with E-state index in [0.29, 0.717) is 17.4 Å². The van der Waals surface area contributed by atoms with E-state index in [-0.39, 0.29) is 32.0 Å². The summed E-state index contributed by atoms with van der Waals surface area (Å²) in [4.78, 5) is 38.1. The van der Waals surface area contributed by atoms with E-state index in [0.717, 1.165) is 103 Å². The molecule has 0 heterocycles. The van der Waals surface area contributed by atoms with Crippen molar-refractivity contribution in [3.05, 3.63) is 109 Å². The van der Waals surface area contributed by atoms with Gasteiger partial charge in [-0.15, -0.1) is 0 Å². The van der Waals surface area contributed by atoms with Gasteiger partial charge in [0.15, 0.2) is 6.10 Å². The van der Waals surface area contributed by atoms with E-state index in [1.807, 2.05) is 21.1 Å². The SMILES string of the molecule is CC/C=C\C/C=C\C/C=C\C/C=C\C/C=C\C/C=C\C/C=C\C/C=C\C/C=C\CCCCCCCCCC(=O)OC(COC(=O)CCCCCCCCCCCCCCCCCCCCCCCCCCCCCCCC)COP(=O)([O-])OCC[N+](C)(C)C. The average Bonchev–Trinajstić information content (AvgIpc) is 3.60. The van der Waals surface area contributed by atoms with Crippen LogP contribution in [-0.2, 0) is 32.7 Å². The summed E-state index contributed by atoms with van der Waals surface area (Å²) in [5.74, 6) is -0.839. The number of quaternary nitrogens is 1. The number of phosphoric ester groups is 1. The fourth-order valence-corrected chi connectivity index (χ4v) is 11.1. The maximum Gasteiger partial charge on any atom is 0.306 e. The Hall–Kier alpha value is -3.33. The molecule has 0 saturated heterocycles. The quantitative estimate of drug-likeness (QED) is 0.0195. The number of carbonyl (C=O) groups excluding carboxylic acids is 2. The molecule has 514 valence electrons. The first kappa shape index (κ1) is 85.7. The molecule has 0 aliphatic carbocycles. The zero-order valence-electron chi connectivity index (χ0n) is 58.6. The summed E-state index contributed by atoms with van der Waals surface area (Å²) in [5.41, 5.74) is 0. The van der Waals surface area contributed by atoms with Gasteiger partial charge in [-0.3, -0.25) is 14.2 Å². The molecule has 2 atom stereocenters. The summed E-state index contributed by atoms with van der Waals surface area (Å²) in [6.45, 7) is 4.15. The van der Waals surface area contributed by atoms with Gasteiger partial charge in [0.05, 0.1) is 27.7 Å². The molecule has 0 N–H and O–H groups in total. The predicted molar refractivity (Wildman–Crippen MR) is 383 cm³/mol. The average molecular weight is 1260 g/mol. The number of phosphoric acid groups is 1. The fraction of sp³-hybridized carbons (Fsp3) is 0.747. The number of ether oxygens (including phenoxy) is 2. The lowest BCUT2D eigenvalue weighted by molar-refractivity contribution is -0.870. The smallest absolute Gasteiger partial charge is 0.306 e. The number of rotatable bonds is 68. The van der Waals surface area contributed by atoms with Gasteiger partial charge in [0, 0.05) is 12.8 Å². The van der Waals surface area contributed by atoms with Crippen LogP contribution in [0.3, 0.4) is 0 Å². The second-order valence-electron chi connectivity index (χ2n) is 25.9. The van der Waals surface area contributed by atoms with Crippen molar-refractivity contribution in [2.45, 2.75) is 335 Å². The monoisotopic (exact) mass is 1260 g/mol. The highest BCUT2D eigenvalue weighted by atomic mass is 31.2. The maximum atomic E-state index is 12.9. The van der Waals surface area contributed by atoms with E-state index >= 15 is 0 Å². The van der Waals surface area contributed by atoms with E-state index in [9.17, 15) is 19.0 Å². The molecule has 0 radical (unpaired) electrons. The summed E-state index contributed by atoms with van der Waals surface area (Å²) in [6, 6.07) is 0. The van der Waals surface area contributed by atoms with Gasteiger partial charge in [-0.25, -0.2) is 0 Å². The highest BCUT2D eigenvalue weighted by Gasteiger charge is 2.22. The zero-order chi connectivity index (χ0) is 64.8. The van der Waals surface area contributed by atoms with Crippen LogP contribution in [0.25, 0.3) is 0 Å². The Bertz CT molecular complexity index is 1870. The Morgan fingerprint density at radius 3 is 0.955 bits per heavy atom. The van der Waals surface area contributed by atoms with Gasteiger partial charge in [0.1, 0.15) is 19.8 Å². The maximum absolute atomic E-state index is 12.9. The van der Waals surface area contributed by atoms with Gasteiger partial charge in [-0.2, -0.15) is 0 Å². The van der Waals surface area contributed by atoms with Crippen molar-refractivity contribution in [3.63, 3.8) is 0 Å². The van der Waals surface area contributed by atoms with Gasteiger partial charge in [0.2, 0.25) is 0 Å². The number of hydrogen-bond donors (Lipinski definition) is 0. The largest absolute Gasteiger partial charge is 0.756 e. The third kappa shape index (κ3) is 73.6. The Morgan fingerprint density at radius 1 is 0.360 bits per heavy atom. The number of likely N-dealkylation sites (N-methyl/N-ethyl adjacent to an activating group) is 1. The van der Waals surface area contributed by atoms with Crippen LogP contribution in [0.5, 0.6) is 0 Å². The highest BCUT2D eigenvalue weighted by Crippen LogP contribution is 2.38. The van der Waals surface area contributed by atoms with E-state index in [2.05, 4.69) is 123 Å². The molecule has 2 unspecified atom stereocenters. The molecule has 0 aliphatic rings. The molecule has 10 heteroatoms. The van der Waals surface area contributed by atoms with Crippen LogP contribution < -0.4 is 4.89 Å². The molecule has 0 spiro atoms. The third-order valence-electron chi connectivity index (χ3n) is 16.1. The molecule has 9 nitrogen and oxygen atoms in total. The minimum Gasteiger partial charge on any atom is -0.756 e. The lowest BCUT2D eigenvalue weighted by atomic mass is 10.0. The minimum absolute atomic E-state index is 0.0366. The van der Waals surface area contributed by atoms with E-state index in [4.69, 9.17) is 18.5 Å². The van der Waals surface area contributed by atoms with Crippen LogP contribution in [0.1, 0.15) is 328 Å². The first-order valence-electron chi connectivity index (χ1n) is 37.1. The first-order valence-corrected chi connectivity index (χ1v) is 38.6. The number of unbranched alkanes of at least 4 members (excludes halogenated alkanes) is 36. The van der Waals surface area contributed by atoms with Gasteiger partial charge in [0.25, 0.3) is 7.82 Å². The van der Waals surface area contributed by atoms with Gasteiger partial charge in [-0.05, 0) is 83.5 Å². The molecule has 0 aromatic heterocycles. The molecular weight excluding hydrogens is 1120 g/mol. The lowest BCUT2D eigenvalue weighted by Gasteiger charge is -2.28. The Morgan fingerprint density at radius 2 is 0.640 bits per heavy atom. The lowest BCUT2D eigenvalue weighted by Crippen LogP contribution is -2.37. The molecule has 0 bridgehead atoms. The van der Waals surface area contributed by atoms with Crippen molar-refractivity contribution in [3.8, 4) is 0 Å². The minimum atomic E-state index is -4.65.